The lowest BCUT2D eigenvalue weighted by Gasteiger charge is -1.96. The minimum absolute atomic E-state index is 0.969. The zero-order chi connectivity index (χ0) is 16.1. The zero-order valence-corrected chi connectivity index (χ0v) is 13.5. The maximum atomic E-state index is 4.42. The Hall–Kier alpha value is -2.87. The standard InChI is InChI=1S/C11H12N2.C10H8/c1-8-11(13-9(2)12-8)10-6-4-3-5-7-10;1-2-6-10-8-4-3-7-9(10)5-1/h3-7H,1-2H3,(H,12,13);1-8H. The number of benzene rings is 3. The van der Waals surface area contributed by atoms with E-state index in [1.807, 2.05) is 32.0 Å². The molecule has 0 saturated heterocycles. The van der Waals surface area contributed by atoms with Gasteiger partial charge >= 0.3 is 0 Å². The molecule has 3 aromatic carbocycles. The molecule has 0 aliphatic rings. The van der Waals surface area contributed by atoms with E-state index in [-0.39, 0.29) is 0 Å². The van der Waals surface area contributed by atoms with E-state index >= 15 is 0 Å². The lowest BCUT2D eigenvalue weighted by Crippen LogP contribution is -1.79. The first-order valence-corrected chi connectivity index (χ1v) is 7.76. The van der Waals surface area contributed by atoms with Gasteiger partial charge in [-0.15, -0.1) is 0 Å². The summed E-state index contributed by atoms with van der Waals surface area (Å²) in [5.74, 6) is 0.969. The molecule has 0 unspecified atom stereocenters. The van der Waals surface area contributed by atoms with Crippen molar-refractivity contribution in [2.75, 3.05) is 0 Å². The fourth-order valence-corrected chi connectivity index (χ4v) is 2.62. The Morgan fingerprint density at radius 2 is 1.13 bits per heavy atom. The first-order valence-electron chi connectivity index (χ1n) is 7.76. The van der Waals surface area contributed by atoms with Crippen LogP contribution in [0.3, 0.4) is 0 Å². The number of aromatic amines is 1. The number of H-pyrrole nitrogens is 1. The van der Waals surface area contributed by atoms with Gasteiger partial charge in [-0.1, -0.05) is 78.9 Å². The van der Waals surface area contributed by atoms with Crippen LogP contribution in [0.5, 0.6) is 0 Å². The summed E-state index contributed by atoms with van der Waals surface area (Å²) in [5, 5.41) is 2.62. The van der Waals surface area contributed by atoms with Crippen molar-refractivity contribution >= 4 is 10.8 Å². The third-order valence-electron chi connectivity index (χ3n) is 3.71. The van der Waals surface area contributed by atoms with Gasteiger partial charge in [0.25, 0.3) is 0 Å². The first-order chi connectivity index (χ1) is 11.2. The summed E-state index contributed by atoms with van der Waals surface area (Å²) in [4.78, 5) is 7.62. The minimum atomic E-state index is 0.969. The van der Waals surface area contributed by atoms with Crippen LogP contribution < -0.4 is 0 Å². The van der Waals surface area contributed by atoms with Crippen LogP contribution in [0.4, 0.5) is 0 Å². The Kier molecular flexibility index (Phi) is 4.53. The molecular weight excluding hydrogens is 280 g/mol. The molecule has 0 spiro atoms. The smallest absolute Gasteiger partial charge is 0.103 e. The SMILES string of the molecule is Cc1nc(-c2ccccc2)c(C)[nH]1.c1ccc2ccccc2c1. The van der Waals surface area contributed by atoms with Crippen molar-refractivity contribution in [3.8, 4) is 11.3 Å². The summed E-state index contributed by atoms with van der Waals surface area (Å²) in [6.07, 6.45) is 0. The van der Waals surface area contributed by atoms with Gasteiger partial charge in [-0.25, -0.2) is 4.98 Å². The van der Waals surface area contributed by atoms with Crippen molar-refractivity contribution in [1.29, 1.82) is 0 Å². The van der Waals surface area contributed by atoms with Gasteiger partial charge in [-0.3, -0.25) is 0 Å². The molecule has 0 amide bonds. The molecule has 1 heterocycles. The van der Waals surface area contributed by atoms with Gasteiger partial charge < -0.3 is 4.98 Å². The van der Waals surface area contributed by atoms with E-state index in [0.717, 1.165) is 17.2 Å². The van der Waals surface area contributed by atoms with E-state index in [4.69, 9.17) is 0 Å². The van der Waals surface area contributed by atoms with Crippen LogP contribution in [0, 0.1) is 13.8 Å². The summed E-state index contributed by atoms with van der Waals surface area (Å²) < 4.78 is 0. The van der Waals surface area contributed by atoms with Crippen LogP contribution in [0.25, 0.3) is 22.0 Å². The Labute approximate surface area is 136 Å². The second-order valence-corrected chi connectivity index (χ2v) is 5.51. The van der Waals surface area contributed by atoms with E-state index in [2.05, 4.69) is 70.6 Å². The Balaban J connectivity index is 0.000000140. The molecule has 0 atom stereocenters. The molecule has 4 aromatic rings. The molecule has 1 N–H and O–H groups in total. The maximum Gasteiger partial charge on any atom is 0.103 e. The molecule has 1 aromatic heterocycles. The number of nitrogens with zero attached hydrogens (tertiary/aromatic N) is 1. The number of hydrogen-bond acceptors (Lipinski definition) is 1. The normalized spacial score (nSPS) is 10.2. The second kappa shape index (κ2) is 6.93. The van der Waals surface area contributed by atoms with Gasteiger partial charge in [-0.05, 0) is 24.6 Å². The summed E-state index contributed by atoms with van der Waals surface area (Å²) in [6, 6.07) is 26.9. The Morgan fingerprint density at radius 1 is 0.652 bits per heavy atom. The lowest BCUT2D eigenvalue weighted by molar-refractivity contribution is 1.13. The monoisotopic (exact) mass is 300 g/mol. The predicted octanol–water partition coefficient (Wildman–Crippen LogP) is 5.53. The number of aromatic nitrogens is 2. The van der Waals surface area contributed by atoms with Crippen LogP contribution in [-0.2, 0) is 0 Å². The molecule has 23 heavy (non-hydrogen) atoms. The number of fused-ring (bicyclic) bond motifs is 1. The van der Waals surface area contributed by atoms with Gasteiger partial charge in [0.15, 0.2) is 0 Å². The zero-order valence-electron chi connectivity index (χ0n) is 13.5. The number of rotatable bonds is 1. The van der Waals surface area contributed by atoms with E-state index < -0.39 is 0 Å². The van der Waals surface area contributed by atoms with Crippen LogP contribution in [0.1, 0.15) is 11.5 Å². The van der Waals surface area contributed by atoms with Crippen molar-refractivity contribution < 1.29 is 0 Å². The fourth-order valence-electron chi connectivity index (χ4n) is 2.62. The highest BCUT2D eigenvalue weighted by Crippen LogP contribution is 2.19. The molecule has 0 saturated carbocycles. The third-order valence-corrected chi connectivity index (χ3v) is 3.71. The average Bonchev–Trinajstić information content (AvgIpc) is 2.95. The van der Waals surface area contributed by atoms with Crippen molar-refractivity contribution in [2.24, 2.45) is 0 Å². The number of hydrogen-bond donors (Lipinski definition) is 1. The number of imidazole rings is 1. The summed E-state index contributed by atoms with van der Waals surface area (Å²) in [5.41, 5.74) is 3.35. The number of aryl methyl sites for hydroxylation is 2. The second-order valence-electron chi connectivity index (χ2n) is 5.51. The van der Waals surface area contributed by atoms with Crippen LogP contribution in [0.2, 0.25) is 0 Å². The van der Waals surface area contributed by atoms with Crippen molar-refractivity contribution in [2.45, 2.75) is 13.8 Å². The highest BCUT2D eigenvalue weighted by molar-refractivity contribution is 5.82. The quantitative estimate of drug-likeness (QED) is 0.491. The van der Waals surface area contributed by atoms with E-state index in [1.165, 1.54) is 16.3 Å². The average molecular weight is 300 g/mol. The molecule has 2 heteroatoms. The molecule has 0 aliphatic carbocycles. The molecule has 114 valence electrons. The van der Waals surface area contributed by atoms with Gasteiger partial charge in [0.1, 0.15) is 5.82 Å². The molecule has 2 nitrogen and oxygen atoms in total. The molecule has 0 radical (unpaired) electrons. The Morgan fingerprint density at radius 3 is 1.57 bits per heavy atom. The van der Waals surface area contributed by atoms with Crippen LogP contribution >= 0.6 is 0 Å². The third kappa shape index (κ3) is 3.67. The predicted molar refractivity (Wildman–Crippen MR) is 97.4 cm³/mol. The summed E-state index contributed by atoms with van der Waals surface area (Å²) >= 11 is 0. The molecule has 0 bridgehead atoms. The fraction of sp³-hybridized carbons (Fsp3) is 0.0952. The van der Waals surface area contributed by atoms with E-state index in [1.54, 1.807) is 0 Å². The summed E-state index contributed by atoms with van der Waals surface area (Å²) in [6.45, 7) is 4.02. The van der Waals surface area contributed by atoms with E-state index in [0.29, 0.717) is 0 Å². The lowest BCUT2D eigenvalue weighted by atomic mass is 10.1. The molecule has 0 fully saturated rings. The van der Waals surface area contributed by atoms with Crippen LogP contribution in [-0.4, -0.2) is 9.97 Å². The van der Waals surface area contributed by atoms with Crippen molar-refractivity contribution in [1.82, 2.24) is 9.97 Å². The molecule has 0 aliphatic heterocycles. The van der Waals surface area contributed by atoms with Gasteiger partial charge in [0.05, 0.1) is 5.69 Å². The largest absolute Gasteiger partial charge is 0.346 e. The maximum absolute atomic E-state index is 4.42. The van der Waals surface area contributed by atoms with Gasteiger partial charge in [0, 0.05) is 11.3 Å². The van der Waals surface area contributed by atoms with Gasteiger partial charge in [0.2, 0.25) is 0 Å². The Bertz CT molecular complexity index is 827. The van der Waals surface area contributed by atoms with Gasteiger partial charge in [-0.2, -0.15) is 0 Å². The highest BCUT2D eigenvalue weighted by atomic mass is 14.9. The minimum Gasteiger partial charge on any atom is -0.346 e. The van der Waals surface area contributed by atoms with Crippen molar-refractivity contribution in [3.05, 3.63) is 90.4 Å². The molecule has 4 rings (SSSR count). The van der Waals surface area contributed by atoms with Crippen molar-refractivity contribution in [3.63, 3.8) is 0 Å². The van der Waals surface area contributed by atoms with Crippen LogP contribution in [0.15, 0.2) is 78.9 Å². The topological polar surface area (TPSA) is 28.7 Å². The highest BCUT2D eigenvalue weighted by Gasteiger charge is 2.04. The van der Waals surface area contributed by atoms with E-state index in [9.17, 15) is 0 Å². The summed E-state index contributed by atoms with van der Waals surface area (Å²) in [7, 11) is 0. The number of nitrogens with one attached hydrogen (secondary N) is 1. The molecular formula is C21H20N2. The first kappa shape index (κ1) is 15.0.